The number of nitrogens with zero attached hydrogens (tertiary/aromatic N) is 2. The van der Waals surface area contributed by atoms with Gasteiger partial charge >= 0.3 is 0 Å². The minimum Gasteiger partial charge on any atom is -0.367 e. The molecule has 126 valence electrons. The Morgan fingerprint density at radius 2 is 1.58 bits per heavy atom. The SMILES string of the molecule is O=C(c1ccc(F)c(F)c1F)N1CCN(c2ccccc2Br)CC1. The first-order chi connectivity index (χ1) is 11.5. The van der Waals surface area contributed by atoms with Crippen molar-refractivity contribution < 1.29 is 18.0 Å². The molecule has 2 aromatic rings. The highest BCUT2D eigenvalue weighted by Gasteiger charge is 2.26. The van der Waals surface area contributed by atoms with Crippen LogP contribution in [0.15, 0.2) is 40.9 Å². The zero-order valence-corrected chi connectivity index (χ0v) is 14.2. The average Bonchev–Trinajstić information content (AvgIpc) is 2.60. The minimum absolute atomic E-state index is 0.374. The van der Waals surface area contributed by atoms with Crippen LogP contribution in [0.2, 0.25) is 0 Å². The molecule has 0 saturated carbocycles. The van der Waals surface area contributed by atoms with Crippen molar-refractivity contribution in [3.05, 3.63) is 63.9 Å². The van der Waals surface area contributed by atoms with Gasteiger partial charge in [-0.3, -0.25) is 4.79 Å². The van der Waals surface area contributed by atoms with Crippen molar-refractivity contribution in [1.29, 1.82) is 0 Å². The smallest absolute Gasteiger partial charge is 0.257 e. The number of benzene rings is 2. The number of hydrogen-bond acceptors (Lipinski definition) is 2. The van der Waals surface area contributed by atoms with Crippen molar-refractivity contribution in [1.82, 2.24) is 4.90 Å². The van der Waals surface area contributed by atoms with Gasteiger partial charge in [0.2, 0.25) is 0 Å². The highest BCUT2D eigenvalue weighted by Crippen LogP contribution is 2.27. The van der Waals surface area contributed by atoms with Crippen LogP contribution in [-0.4, -0.2) is 37.0 Å². The van der Waals surface area contributed by atoms with Crippen LogP contribution in [0.1, 0.15) is 10.4 Å². The number of anilines is 1. The van der Waals surface area contributed by atoms with E-state index in [9.17, 15) is 18.0 Å². The molecule has 0 atom stereocenters. The minimum atomic E-state index is -1.62. The summed E-state index contributed by atoms with van der Waals surface area (Å²) in [7, 11) is 0. The van der Waals surface area contributed by atoms with Gasteiger partial charge in [0.15, 0.2) is 17.5 Å². The summed E-state index contributed by atoms with van der Waals surface area (Å²) >= 11 is 3.49. The van der Waals surface area contributed by atoms with E-state index in [4.69, 9.17) is 0 Å². The Morgan fingerprint density at radius 3 is 2.25 bits per heavy atom. The molecule has 0 spiro atoms. The van der Waals surface area contributed by atoms with Gasteiger partial charge < -0.3 is 9.80 Å². The second-order valence-corrected chi connectivity index (χ2v) is 6.31. The summed E-state index contributed by atoms with van der Waals surface area (Å²) in [6.07, 6.45) is 0. The fraction of sp³-hybridized carbons (Fsp3) is 0.235. The number of hydrogen-bond donors (Lipinski definition) is 0. The van der Waals surface area contributed by atoms with E-state index < -0.39 is 28.9 Å². The normalized spacial score (nSPS) is 14.8. The van der Waals surface area contributed by atoms with E-state index in [2.05, 4.69) is 20.8 Å². The van der Waals surface area contributed by atoms with Crippen LogP contribution in [0.3, 0.4) is 0 Å². The number of para-hydroxylation sites is 1. The van der Waals surface area contributed by atoms with Gasteiger partial charge in [0.05, 0.1) is 11.3 Å². The number of rotatable bonds is 2. The van der Waals surface area contributed by atoms with E-state index in [-0.39, 0.29) is 0 Å². The molecule has 7 heteroatoms. The quantitative estimate of drug-likeness (QED) is 0.717. The molecular weight excluding hydrogens is 385 g/mol. The van der Waals surface area contributed by atoms with E-state index in [0.29, 0.717) is 26.2 Å². The van der Waals surface area contributed by atoms with Crippen molar-refractivity contribution in [2.24, 2.45) is 0 Å². The Bertz CT molecular complexity index is 776. The van der Waals surface area contributed by atoms with Crippen LogP contribution in [0, 0.1) is 17.5 Å². The van der Waals surface area contributed by atoms with E-state index in [1.165, 1.54) is 4.90 Å². The van der Waals surface area contributed by atoms with Gasteiger partial charge in [-0.25, -0.2) is 13.2 Å². The topological polar surface area (TPSA) is 23.6 Å². The molecule has 3 nitrogen and oxygen atoms in total. The molecule has 24 heavy (non-hydrogen) atoms. The van der Waals surface area contributed by atoms with Gasteiger partial charge in [-0.05, 0) is 40.2 Å². The van der Waals surface area contributed by atoms with E-state index in [1.807, 2.05) is 24.3 Å². The third kappa shape index (κ3) is 3.13. The second kappa shape index (κ2) is 6.84. The third-order valence-electron chi connectivity index (χ3n) is 4.03. The predicted molar refractivity (Wildman–Crippen MR) is 88.6 cm³/mol. The molecule has 1 amide bonds. The maximum atomic E-state index is 13.8. The zero-order valence-electron chi connectivity index (χ0n) is 12.6. The molecule has 2 aromatic carbocycles. The van der Waals surface area contributed by atoms with Crippen molar-refractivity contribution in [2.45, 2.75) is 0 Å². The predicted octanol–water partition coefficient (Wildman–Crippen LogP) is 3.83. The monoisotopic (exact) mass is 398 g/mol. The first-order valence-corrected chi connectivity index (χ1v) is 8.20. The van der Waals surface area contributed by atoms with Crippen LogP contribution in [0.4, 0.5) is 18.9 Å². The number of piperazine rings is 1. The van der Waals surface area contributed by atoms with Crippen molar-refractivity contribution in [3.63, 3.8) is 0 Å². The maximum Gasteiger partial charge on any atom is 0.257 e. The highest BCUT2D eigenvalue weighted by molar-refractivity contribution is 9.10. The molecular formula is C17H14BrF3N2O. The largest absolute Gasteiger partial charge is 0.367 e. The summed E-state index contributed by atoms with van der Waals surface area (Å²) in [4.78, 5) is 15.9. The fourth-order valence-electron chi connectivity index (χ4n) is 2.72. The molecule has 1 aliphatic heterocycles. The molecule has 0 radical (unpaired) electrons. The summed E-state index contributed by atoms with van der Waals surface area (Å²) in [6, 6.07) is 9.49. The summed E-state index contributed by atoms with van der Waals surface area (Å²) < 4.78 is 41.0. The Labute approximate surface area is 145 Å². The lowest BCUT2D eigenvalue weighted by Gasteiger charge is -2.36. The van der Waals surface area contributed by atoms with Gasteiger partial charge in [-0.15, -0.1) is 0 Å². The fourth-order valence-corrected chi connectivity index (χ4v) is 3.26. The Balaban J connectivity index is 1.72. The molecule has 1 heterocycles. The maximum absolute atomic E-state index is 13.8. The van der Waals surface area contributed by atoms with E-state index >= 15 is 0 Å². The molecule has 1 fully saturated rings. The molecule has 3 rings (SSSR count). The molecule has 0 bridgehead atoms. The molecule has 0 aliphatic carbocycles. The van der Waals surface area contributed by atoms with Gasteiger partial charge in [-0.2, -0.15) is 0 Å². The zero-order chi connectivity index (χ0) is 17.3. The van der Waals surface area contributed by atoms with E-state index in [0.717, 1.165) is 22.3 Å². The number of halogens is 4. The van der Waals surface area contributed by atoms with Crippen LogP contribution < -0.4 is 4.90 Å². The first-order valence-electron chi connectivity index (χ1n) is 7.41. The molecule has 0 N–H and O–H groups in total. The molecule has 1 saturated heterocycles. The average molecular weight is 399 g/mol. The van der Waals surface area contributed by atoms with Gasteiger partial charge in [0, 0.05) is 30.7 Å². The molecule has 1 aliphatic rings. The standard InChI is InChI=1S/C17H14BrF3N2O/c18-12-3-1-2-4-14(12)22-7-9-23(10-8-22)17(24)11-5-6-13(19)16(21)15(11)20/h1-6H,7-10H2. The van der Waals surface area contributed by atoms with Crippen LogP contribution in [0.5, 0.6) is 0 Å². The van der Waals surface area contributed by atoms with Crippen LogP contribution in [0.25, 0.3) is 0 Å². The first kappa shape index (κ1) is 16.8. The van der Waals surface area contributed by atoms with Crippen molar-refractivity contribution in [3.8, 4) is 0 Å². The highest BCUT2D eigenvalue weighted by atomic mass is 79.9. The van der Waals surface area contributed by atoms with Crippen molar-refractivity contribution >= 4 is 27.5 Å². The second-order valence-electron chi connectivity index (χ2n) is 5.45. The summed E-state index contributed by atoms with van der Waals surface area (Å²) in [5, 5.41) is 0. The lowest BCUT2D eigenvalue weighted by molar-refractivity contribution is 0.0740. The van der Waals surface area contributed by atoms with Gasteiger partial charge in [0.25, 0.3) is 5.91 Å². The lowest BCUT2D eigenvalue weighted by Crippen LogP contribution is -2.49. The van der Waals surface area contributed by atoms with Gasteiger partial charge in [0.1, 0.15) is 0 Å². The number of carbonyl (C=O) groups is 1. The van der Waals surface area contributed by atoms with Crippen LogP contribution >= 0.6 is 15.9 Å². The molecule has 0 unspecified atom stereocenters. The summed E-state index contributed by atoms with van der Waals surface area (Å²) in [5.41, 5.74) is 0.576. The Kier molecular flexibility index (Phi) is 4.80. The summed E-state index contributed by atoms with van der Waals surface area (Å²) in [5.74, 6) is -4.98. The number of carbonyl (C=O) groups excluding carboxylic acids is 1. The van der Waals surface area contributed by atoms with Crippen LogP contribution in [-0.2, 0) is 0 Å². The number of amides is 1. The lowest BCUT2D eigenvalue weighted by atomic mass is 10.1. The van der Waals surface area contributed by atoms with E-state index in [1.54, 1.807) is 0 Å². The Hall–Kier alpha value is -2.02. The van der Waals surface area contributed by atoms with Crippen molar-refractivity contribution in [2.75, 3.05) is 31.1 Å². The summed E-state index contributed by atoms with van der Waals surface area (Å²) in [6.45, 7) is 1.89. The van der Waals surface area contributed by atoms with Gasteiger partial charge in [-0.1, -0.05) is 12.1 Å². The molecule has 0 aromatic heterocycles. The Morgan fingerprint density at radius 1 is 0.917 bits per heavy atom. The third-order valence-corrected chi connectivity index (χ3v) is 4.70.